The molecule has 3 heterocycles. The van der Waals surface area contributed by atoms with Gasteiger partial charge in [-0.15, -0.1) is 0 Å². The molecule has 2 saturated heterocycles. The summed E-state index contributed by atoms with van der Waals surface area (Å²) in [5.74, 6) is 1.18. The Hall–Kier alpha value is -1.66. The van der Waals surface area contributed by atoms with Gasteiger partial charge in [0.05, 0.1) is 18.8 Å². The SMILES string of the molecule is CN(C)c1cccc([C@H]2CN(CC(=O)N3CCCC3)CCO2)n1. The van der Waals surface area contributed by atoms with Crippen LogP contribution in [0.3, 0.4) is 0 Å². The summed E-state index contributed by atoms with van der Waals surface area (Å²) < 4.78 is 5.89. The number of carbonyl (C=O) groups excluding carboxylic acids is 1. The van der Waals surface area contributed by atoms with Crippen molar-refractivity contribution in [3.05, 3.63) is 23.9 Å². The molecule has 0 N–H and O–H groups in total. The summed E-state index contributed by atoms with van der Waals surface area (Å²) in [6.45, 7) is 4.50. The third-order valence-electron chi connectivity index (χ3n) is 4.51. The molecular formula is C17H26N4O2. The number of amides is 1. The Morgan fingerprint density at radius 1 is 1.30 bits per heavy atom. The summed E-state index contributed by atoms with van der Waals surface area (Å²) in [5.41, 5.74) is 0.939. The van der Waals surface area contributed by atoms with E-state index < -0.39 is 0 Å². The normalized spacial score (nSPS) is 22.3. The number of hydrogen-bond donors (Lipinski definition) is 0. The van der Waals surface area contributed by atoms with Crippen LogP contribution in [0.15, 0.2) is 18.2 Å². The lowest BCUT2D eigenvalue weighted by Crippen LogP contribution is -2.45. The molecule has 2 fully saturated rings. The molecule has 1 atom stereocenters. The molecule has 0 unspecified atom stereocenters. The second-order valence-electron chi connectivity index (χ2n) is 6.50. The first-order valence-electron chi connectivity index (χ1n) is 8.39. The van der Waals surface area contributed by atoms with E-state index in [1.165, 1.54) is 0 Å². The Labute approximate surface area is 138 Å². The van der Waals surface area contributed by atoms with E-state index in [9.17, 15) is 4.79 Å². The van der Waals surface area contributed by atoms with E-state index in [0.29, 0.717) is 13.2 Å². The third-order valence-corrected chi connectivity index (χ3v) is 4.51. The van der Waals surface area contributed by atoms with Gasteiger partial charge in [0.25, 0.3) is 0 Å². The number of rotatable bonds is 4. The first-order valence-corrected chi connectivity index (χ1v) is 8.39. The van der Waals surface area contributed by atoms with E-state index in [1.54, 1.807) is 0 Å². The van der Waals surface area contributed by atoms with Gasteiger partial charge >= 0.3 is 0 Å². The van der Waals surface area contributed by atoms with E-state index in [-0.39, 0.29) is 12.0 Å². The van der Waals surface area contributed by atoms with Crippen LogP contribution in [0.2, 0.25) is 0 Å². The highest BCUT2D eigenvalue weighted by atomic mass is 16.5. The highest BCUT2D eigenvalue weighted by Gasteiger charge is 2.27. The van der Waals surface area contributed by atoms with Crippen LogP contribution in [-0.4, -0.2) is 74.1 Å². The van der Waals surface area contributed by atoms with Crippen LogP contribution in [0, 0.1) is 0 Å². The van der Waals surface area contributed by atoms with Crippen LogP contribution in [0.4, 0.5) is 5.82 Å². The first-order chi connectivity index (χ1) is 11.1. The fraction of sp³-hybridized carbons (Fsp3) is 0.647. The average Bonchev–Trinajstić information content (AvgIpc) is 3.10. The van der Waals surface area contributed by atoms with Gasteiger partial charge in [-0.2, -0.15) is 0 Å². The lowest BCUT2D eigenvalue weighted by Gasteiger charge is -2.33. The molecular weight excluding hydrogens is 292 g/mol. The Bertz CT molecular complexity index is 543. The minimum absolute atomic E-state index is 0.0602. The minimum Gasteiger partial charge on any atom is -0.369 e. The molecule has 2 aliphatic heterocycles. The third kappa shape index (κ3) is 4.00. The van der Waals surface area contributed by atoms with Gasteiger partial charge in [-0.05, 0) is 25.0 Å². The standard InChI is InChI=1S/C17H26N4O2/c1-19(2)16-7-5-6-14(18-16)15-12-20(10-11-23-15)13-17(22)21-8-3-4-9-21/h5-7,15H,3-4,8-13H2,1-2H3/t15-/m1/s1. The molecule has 0 aromatic carbocycles. The van der Waals surface area contributed by atoms with Crippen molar-refractivity contribution in [1.29, 1.82) is 0 Å². The summed E-state index contributed by atoms with van der Waals surface area (Å²) in [7, 11) is 3.96. The van der Waals surface area contributed by atoms with Crippen molar-refractivity contribution in [1.82, 2.24) is 14.8 Å². The molecule has 2 aliphatic rings. The Kier molecular flexibility index (Phi) is 5.13. The molecule has 23 heavy (non-hydrogen) atoms. The van der Waals surface area contributed by atoms with Crippen LogP contribution < -0.4 is 4.90 Å². The van der Waals surface area contributed by atoms with Gasteiger partial charge in [0.1, 0.15) is 11.9 Å². The molecule has 126 valence electrons. The molecule has 0 bridgehead atoms. The van der Waals surface area contributed by atoms with Crippen molar-refractivity contribution in [3.8, 4) is 0 Å². The highest BCUT2D eigenvalue weighted by Crippen LogP contribution is 2.22. The fourth-order valence-electron chi connectivity index (χ4n) is 3.15. The molecule has 6 nitrogen and oxygen atoms in total. The fourth-order valence-corrected chi connectivity index (χ4v) is 3.15. The summed E-state index contributed by atoms with van der Waals surface area (Å²) in [6.07, 6.45) is 2.22. The maximum Gasteiger partial charge on any atom is 0.236 e. The Morgan fingerprint density at radius 2 is 2.09 bits per heavy atom. The lowest BCUT2D eigenvalue weighted by atomic mass is 10.2. The van der Waals surface area contributed by atoms with E-state index in [0.717, 1.165) is 50.5 Å². The topological polar surface area (TPSA) is 48.9 Å². The number of morpholine rings is 1. The predicted octanol–water partition coefficient (Wildman–Crippen LogP) is 1.14. The lowest BCUT2D eigenvalue weighted by molar-refractivity contribution is -0.133. The molecule has 0 spiro atoms. The van der Waals surface area contributed by atoms with Gasteiger partial charge in [-0.1, -0.05) is 6.07 Å². The number of nitrogens with zero attached hydrogens (tertiary/aromatic N) is 4. The summed E-state index contributed by atoms with van der Waals surface area (Å²) in [4.78, 5) is 23.1. The number of aromatic nitrogens is 1. The number of pyridine rings is 1. The number of carbonyl (C=O) groups is 1. The zero-order chi connectivity index (χ0) is 16.2. The molecule has 0 radical (unpaired) electrons. The molecule has 0 saturated carbocycles. The number of anilines is 1. The van der Waals surface area contributed by atoms with E-state index in [1.807, 2.05) is 42.1 Å². The van der Waals surface area contributed by atoms with E-state index in [4.69, 9.17) is 4.74 Å². The molecule has 1 amide bonds. The maximum absolute atomic E-state index is 12.3. The summed E-state index contributed by atoms with van der Waals surface area (Å²) in [5, 5.41) is 0. The number of likely N-dealkylation sites (tertiary alicyclic amines) is 1. The van der Waals surface area contributed by atoms with Gasteiger partial charge in [0, 0.05) is 40.3 Å². The monoisotopic (exact) mass is 318 g/mol. The van der Waals surface area contributed by atoms with Crippen molar-refractivity contribution in [2.75, 3.05) is 58.3 Å². The van der Waals surface area contributed by atoms with E-state index in [2.05, 4.69) is 9.88 Å². The van der Waals surface area contributed by atoms with Crippen LogP contribution >= 0.6 is 0 Å². The van der Waals surface area contributed by atoms with Crippen molar-refractivity contribution in [2.45, 2.75) is 18.9 Å². The molecule has 1 aromatic rings. The Morgan fingerprint density at radius 3 is 2.83 bits per heavy atom. The molecule has 1 aromatic heterocycles. The second-order valence-corrected chi connectivity index (χ2v) is 6.50. The van der Waals surface area contributed by atoms with Gasteiger partial charge in [0.2, 0.25) is 5.91 Å². The average molecular weight is 318 g/mol. The van der Waals surface area contributed by atoms with Crippen LogP contribution in [-0.2, 0) is 9.53 Å². The largest absolute Gasteiger partial charge is 0.369 e. The van der Waals surface area contributed by atoms with Crippen molar-refractivity contribution < 1.29 is 9.53 Å². The number of ether oxygens (including phenoxy) is 1. The summed E-state index contributed by atoms with van der Waals surface area (Å²) >= 11 is 0. The molecule has 6 heteroatoms. The van der Waals surface area contributed by atoms with Crippen molar-refractivity contribution in [2.24, 2.45) is 0 Å². The zero-order valence-electron chi connectivity index (χ0n) is 14.1. The molecule has 0 aliphatic carbocycles. The van der Waals surface area contributed by atoms with Crippen LogP contribution in [0.1, 0.15) is 24.6 Å². The minimum atomic E-state index is -0.0602. The summed E-state index contributed by atoms with van der Waals surface area (Å²) in [6, 6.07) is 6.00. The van der Waals surface area contributed by atoms with Gasteiger partial charge in [-0.25, -0.2) is 4.98 Å². The van der Waals surface area contributed by atoms with E-state index >= 15 is 0 Å². The maximum atomic E-state index is 12.3. The predicted molar refractivity (Wildman–Crippen MR) is 89.5 cm³/mol. The second kappa shape index (κ2) is 7.27. The van der Waals surface area contributed by atoms with Crippen LogP contribution in [0.5, 0.6) is 0 Å². The van der Waals surface area contributed by atoms with Gasteiger partial charge < -0.3 is 14.5 Å². The molecule has 3 rings (SSSR count). The highest BCUT2D eigenvalue weighted by molar-refractivity contribution is 5.78. The van der Waals surface area contributed by atoms with Crippen LogP contribution in [0.25, 0.3) is 0 Å². The van der Waals surface area contributed by atoms with Gasteiger partial charge in [-0.3, -0.25) is 9.69 Å². The number of hydrogen-bond acceptors (Lipinski definition) is 5. The Balaban J connectivity index is 1.61. The first kappa shape index (κ1) is 16.2. The van der Waals surface area contributed by atoms with Gasteiger partial charge in [0.15, 0.2) is 0 Å². The zero-order valence-corrected chi connectivity index (χ0v) is 14.1. The van der Waals surface area contributed by atoms with Crippen molar-refractivity contribution in [3.63, 3.8) is 0 Å². The quantitative estimate of drug-likeness (QED) is 0.833. The van der Waals surface area contributed by atoms with Crippen molar-refractivity contribution >= 4 is 11.7 Å². The smallest absolute Gasteiger partial charge is 0.236 e.